The van der Waals surface area contributed by atoms with Gasteiger partial charge < -0.3 is 10.5 Å². The zero-order chi connectivity index (χ0) is 13.2. The van der Waals surface area contributed by atoms with Crippen molar-refractivity contribution in [1.82, 2.24) is 15.0 Å². The van der Waals surface area contributed by atoms with Crippen molar-refractivity contribution in [3.8, 4) is 5.88 Å². The van der Waals surface area contributed by atoms with E-state index in [0.717, 1.165) is 17.1 Å². The third kappa shape index (κ3) is 2.81. The summed E-state index contributed by atoms with van der Waals surface area (Å²) in [4.78, 5) is 13.0. The lowest BCUT2D eigenvalue weighted by molar-refractivity contribution is 0.397. The van der Waals surface area contributed by atoms with Crippen LogP contribution in [-0.2, 0) is 6.42 Å². The lowest BCUT2D eigenvalue weighted by Crippen LogP contribution is -2.04. The quantitative estimate of drug-likeness (QED) is 0.904. The van der Waals surface area contributed by atoms with Crippen LogP contribution in [0.3, 0.4) is 0 Å². The van der Waals surface area contributed by atoms with Crippen molar-refractivity contribution < 1.29 is 4.74 Å². The number of hydrogen-bond acceptors (Lipinski definition) is 5. The smallest absolute Gasteiger partial charge is 0.212 e. The minimum absolute atomic E-state index is 0.549. The van der Waals surface area contributed by atoms with Gasteiger partial charge in [-0.15, -0.1) is 0 Å². The van der Waals surface area contributed by atoms with Gasteiger partial charge in [0.05, 0.1) is 7.11 Å². The molecule has 5 nitrogen and oxygen atoms in total. The van der Waals surface area contributed by atoms with Crippen molar-refractivity contribution in [3.63, 3.8) is 0 Å². The summed E-state index contributed by atoms with van der Waals surface area (Å²) in [6, 6.07) is 5.69. The van der Waals surface area contributed by atoms with Crippen molar-refractivity contribution in [1.29, 1.82) is 0 Å². The van der Waals surface area contributed by atoms with Gasteiger partial charge in [0.1, 0.15) is 11.6 Å². The molecule has 1 aliphatic carbocycles. The van der Waals surface area contributed by atoms with E-state index in [4.69, 9.17) is 10.5 Å². The molecule has 0 aromatic carbocycles. The number of nitrogens with zero attached hydrogens (tertiary/aromatic N) is 3. The van der Waals surface area contributed by atoms with E-state index in [9.17, 15) is 0 Å². The lowest BCUT2D eigenvalue weighted by Gasteiger charge is -2.05. The fraction of sp³-hybridized carbons (Fsp3) is 0.357. The number of rotatable bonds is 4. The number of nitrogen functional groups attached to an aromatic ring is 1. The van der Waals surface area contributed by atoms with E-state index in [1.54, 1.807) is 13.3 Å². The second-order valence-corrected chi connectivity index (χ2v) is 4.79. The topological polar surface area (TPSA) is 73.9 Å². The zero-order valence-corrected chi connectivity index (χ0v) is 10.8. The molecule has 0 bridgehead atoms. The van der Waals surface area contributed by atoms with Crippen LogP contribution >= 0.6 is 0 Å². The maximum atomic E-state index is 5.84. The number of hydrogen-bond donors (Lipinski definition) is 1. The second-order valence-electron chi connectivity index (χ2n) is 4.79. The largest absolute Gasteiger partial charge is 0.481 e. The highest BCUT2D eigenvalue weighted by Gasteiger charge is 2.25. The van der Waals surface area contributed by atoms with Gasteiger partial charge in [0.25, 0.3) is 0 Å². The van der Waals surface area contributed by atoms with Gasteiger partial charge in [-0.2, -0.15) is 0 Å². The molecule has 0 aliphatic heterocycles. The molecule has 98 valence electrons. The highest BCUT2D eigenvalue weighted by atomic mass is 16.5. The Morgan fingerprint density at radius 3 is 2.79 bits per heavy atom. The average molecular weight is 256 g/mol. The van der Waals surface area contributed by atoms with E-state index in [0.29, 0.717) is 24.0 Å². The van der Waals surface area contributed by atoms with Gasteiger partial charge in [0.15, 0.2) is 0 Å². The van der Waals surface area contributed by atoms with Crippen molar-refractivity contribution >= 4 is 5.82 Å². The number of aromatic nitrogens is 3. The molecule has 1 fully saturated rings. The summed E-state index contributed by atoms with van der Waals surface area (Å²) >= 11 is 0. The van der Waals surface area contributed by atoms with Crippen LogP contribution in [0.15, 0.2) is 24.4 Å². The highest BCUT2D eigenvalue weighted by Crippen LogP contribution is 2.39. The number of anilines is 1. The summed E-state index contributed by atoms with van der Waals surface area (Å²) in [5, 5.41) is 0. The summed E-state index contributed by atoms with van der Waals surface area (Å²) in [6.45, 7) is 0. The van der Waals surface area contributed by atoms with E-state index in [1.165, 1.54) is 12.8 Å². The van der Waals surface area contributed by atoms with Crippen LogP contribution in [0.4, 0.5) is 5.82 Å². The molecule has 1 saturated carbocycles. The minimum Gasteiger partial charge on any atom is -0.481 e. The molecule has 3 rings (SSSR count). The molecule has 0 radical (unpaired) electrons. The Hall–Kier alpha value is -2.17. The van der Waals surface area contributed by atoms with Gasteiger partial charge in [-0.05, 0) is 18.4 Å². The molecule has 1 aliphatic rings. The second kappa shape index (κ2) is 4.84. The summed E-state index contributed by atoms with van der Waals surface area (Å²) in [5.41, 5.74) is 7.96. The SMILES string of the molecule is COc1ccc(Cc2nc(N)cc(C3CC3)n2)cn1. The Bertz CT molecular complexity index is 578. The molecule has 5 heteroatoms. The molecular weight excluding hydrogens is 240 g/mol. The molecule has 2 heterocycles. The Morgan fingerprint density at radius 1 is 1.32 bits per heavy atom. The fourth-order valence-electron chi connectivity index (χ4n) is 2.03. The van der Waals surface area contributed by atoms with Crippen molar-refractivity contribution in [2.75, 3.05) is 12.8 Å². The molecular formula is C14H16N4O. The van der Waals surface area contributed by atoms with E-state index in [-0.39, 0.29) is 0 Å². The molecule has 0 amide bonds. The first-order valence-electron chi connectivity index (χ1n) is 6.37. The van der Waals surface area contributed by atoms with Crippen LogP contribution < -0.4 is 10.5 Å². The van der Waals surface area contributed by atoms with Crippen LogP contribution in [-0.4, -0.2) is 22.1 Å². The number of methoxy groups -OCH3 is 1. The van der Waals surface area contributed by atoms with Gasteiger partial charge in [0.2, 0.25) is 5.88 Å². The van der Waals surface area contributed by atoms with E-state index < -0.39 is 0 Å². The highest BCUT2D eigenvalue weighted by molar-refractivity contribution is 5.34. The normalized spacial score (nSPS) is 14.4. The lowest BCUT2D eigenvalue weighted by atomic mass is 10.2. The average Bonchev–Trinajstić information content (AvgIpc) is 3.23. The van der Waals surface area contributed by atoms with Gasteiger partial charge in [-0.1, -0.05) is 6.07 Å². The number of ether oxygens (including phenoxy) is 1. The Morgan fingerprint density at radius 2 is 2.16 bits per heavy atom. The summed E-state index contributed by atoms with van der Waals surface area (Å²) in [6.07, 6.45) is 4.84. The first-order chi connectivity index (χ1) is 9.24. The Balaban J connectivity index is 1.81. The third-order valence-electron chi connectivity index (χ3n) is 3.18. The standard InChI is InChI=1S/C14H16N4O/c1-19-14-5-2-9(8-16-14)6-13-17-11(10-3-4-10)7-12(15)18-13/h2,5,7-8,10H,3-4,6H2,1H3,(H2,15,17,18). The van der Waals surface area contributed by atoms with Crippen molar-refractivity contribution in [2.45, 2.75) is 25.2 Å². The fourth-order valence-corrected chi connectivity index (χ4v) is 2.03. The first-order valence-corrected chi connectivity index (χ1v) is 6.37. The molecule has 2 aromatic heterocycles. The maximum absolute atomic E-state index is 5.84. The van der Waals surface area contributed by atoms with Crippen LogP contribution in [0.5, 0.6) is 5.88 Å². The van der Waals surface area contributed by atoms with Gasteiger partial charge in [-0.25, -0.2) is 15.0 Å². The van der Waals surface area contributed by atoms with Crippen LogP contribution in [0.2, 0.25) is 0 Å². The monoisotopic (exact) mass is 256 g/mol. The van der Waals surface area contributed by atoms with E-state index in [2.05, 4.69) is 15.0 Å². The van der Waals surface area contributed by atoms with Gasteiger partial charge in [0, 0.05) is 36.4 Å². The molecule has 2 N–H and O–H groups in total. The van der Waals surface area contributed by atoms with Crippen LogP contribution in [0.1, 0.15) is 35.8 Å². The Kier molecular flexibility index (Phi) is 3.03. The van der Waals surface area contributed by atoms with Crippen molar-refractivity contribution in [3.05, 3.63) is 41.5 Å². The maximum Gasteiger partial charge on any atom is 0.212 e. The van der Waals surface area contributed by atoms with Gasteiger partial charge >= 0.3 is 0 Å². The predicted molar refractivity (Wildman–Crippen MR) is 72.0 cm³/mol. The zero-order valence-electron chi connectivity index (χ0n) is 10.8. The summed E-state index contributed by atoms with van der Waals surface area (Å²) in [5.74, 6) is 2.50. The number of pyridine rings is 1. The molecule has 19 heavy (non-hydrogen) atoms. The van der Waals surface area contributed by atoms with Crippen molar-refractivity contribution in [2.24, 2.45) is 0 Å². The molecule has 0 spiro atoms. The summed E-state index contributed by atoms with van der Waals surface area (Å²) < 4.78 is 5.03. The van der Waals surface area contributed by atoms with E-state index >= 15 is 0 Å². The number of nitrogens with two attached hydrogens (primary N) is 1. The minimum atomic E-state index is 0.549. The van der Waals surface area contributed by atoms with E-state index in [1.807, 2.05) is 18.2 Å². The molecule has 2 aromatic rings. The van der Waals surface area contributed by atoms with Crippen LogP contribution in [0.25, 0.3) is 0 Å². The third-order valence-corrected chi connectivity index (χ3v) is 3.18. The van der Waals surface area contributed by atoms with Gasteiger partial charge in [-0.3, -0.25) is 0 Å². The summed E-state index contributed by atoms with van der Waals surface area (Å²) in [7, 11) is 1.60. The predicted octanol–water partition coefficient (Wildman–Crippen LogP) is 1.93. The molecule has 0 unspecified atom stereocenters. The first kappa shape index (κ1) is 11.9. The molecule has 0 saturated heterocycles. The Labute approximate surface area is 111 Å². The van der Waals surface area contributed by atoms with Crippen LogP contribution in [0, 0.1) is 0 Å². The molecule has 0 atom stereocenters.